The number of likely N-dealkylation sites (tertiary alicyclic amines) is 1. The molecule has 1 rings (SSSR count). The van der Waals surface area contributed by atoms with E-state index in [1.165, 1.54) is 4.90 Å². The Morgan fingerprint density at radius 3 is 2.35 bits per heavy atom. The van der Waals surface area contributed by atoms with Crippen LogP contribution in [0.3, 0.4) is 0 Å². The van der Waals surface area contributed by atoms with Crippen LogP contribution in [0.5, 0.6) is 0 Å². The fourth-order valence-corrected chi connectivity index (χ4v) is 2.46. The summed E-state index contributed by atoms with van der Waals surface area (Å²) < 4.78 is 0. The topological polar surface area (TPSA) is 104 Å². The van der Waals surface area contributed by atoms with Crippen LogP contribution in [0, 0.1) is 5.92 Å². The van der Waals surface area contributed by atoms with Gasteiger partial charge < -0.3 is 15.3 Å². The maximum Gasteiger partial charge on any atom is 0.326 e. The molecule has 7 heteroatoms. The Kier molecular flexibility index (Phi) is 5.24. The molecule has 1 aliphatic heterocycles. The SMILES string of the molecule is CC(C)[C@H](NC(=O)C=O)C(=O)N1[C@@H](C)CC[C@H]1C(=O)O. The minimum atomic E-state index is -1.05. The van der Waals surface area contributed by atoms with E-state index in [1.807, 2.05) is 0 Å². The van der Waals surface area contributed by atoms with Crippen molar-refractivity contribution in [2.24, 2.45) is 5.92 Å². The monoisotopic (exact) mass is 284 g/mol. The second kappa shape index (κ2) is 6.49. The third-order valence-electron chi connectivity index (χ3n) is 3.55. The van der Waals surface area contributed by atoms with Crippen molar-refractivity contribution >= 4 is 24.1 Å². The Morgan fingerprint density at radius 2 is 1.90 bits per heavy atom. The number of carbonyl (C=O) groups is 4. The maximum atomic E-state index is 12.5. The number of nitrogens with zero attached hydrogens (tertiary/aromatic N) is 1. The quantitative estimate of drug-likeness (QED) is 0.537. The van der Waals surface area contributed by atoms with Crippen molar-refractivity contribution in [3.8, 4) is 0 Å². The van der Waals surface area contributed by atoms with Crippen molar-refractivity contribution in [1.82, 2.24) is 10.2 Å². The largest absolute Gasteiger partial charge is 0.480 e. The first-order valence-electron chi connectivity index (χ1n) is 6.60. The molecular formula is C13H20N2O5. The summed E-state index contributed by atoms with van der Waals surface area (Å²) in [7, 11) is 0. The van der Waals surface area contributed by atoms with E-state index in [0.29, 0.717) is 12.8 Å². The molecule has 0 unspecified atom stereocenters. The normalized spacial score (nSPS) is 23.5. The van der Waals surface area contributed by atoms with E-state index in [0.717, 1.165) is 0 Å². The number of carboxylic acids is 1. The lowest BCUT2D eigenvalue weighted by Crippen LogP contribution is -2.55. The summed E-state index contributed by atoms with van der Waals surface area (Å²) in [4.78, 5) is 46.6. The molecule has 0 aliphatic carbocycles. The minimum absolute atomic E-state index is 0.102. The Balaban J connectivity index is 2.95. The molecule has 1 fully saturated rings. The molecule has 112 valence electrons. The Bertz CT molecular complexity index is 421. The summed E-state index contributed by atoms with van der Waals surface area (Å²) in [6.45, 7) is 5.23. The number of carbonyl (C=O) groups excluding carboxylic acids is 3. The molecule has 20 heavy (non-hydrogen) atoms. The van der Waals surface area contributed by atoms with Crippen LogP contribution >= 0.6 is 0 Å². The number of aliphatic carboxylic acids is 1. The van der Waals surface area contributed by atoms with E-state index in [2.05, 4.69) is 5.32 Å². The van der Waals surface area contributed by atoms with E-state index >= 15 is 0 Å². The lowest BCUT2D eigenvalue weighted by atomic mass is 10.0. The Hall–Kier alpha value is -1.92. The molecule has 0 aromatic heterocycles. The molecule has 1 saturated heterocycles. The van der Waals surface area contributed by atoms with E-state index in [1.54, 1.807) is 20.8 Å². The Labute approximate surface area is 117 Å². The van der Waals surface area contributed by atoms with Gasteiger partial charge in [-0.15, -0.1) is 0 Å². The highest BCUT2D eigenvalue weighted by molar-refractivity contribution is 6.24. The average Bonchev–Trinajstić information content (AvgIpc) is 2.76. The summed E-state index contributed by atoms with van der Waals surface area (Å²) in [5, 5.41) is 11.5. The number of nitrogens with one attached hydrogen (secondary N) is 1. The van der Waals surface area contributed by atoms with Crippen molar-refractivity contribution in [1.29, 1.82) is 0 Å². The van der Waals surface area contributed by atoms with Crippen LogP contribution in [0.2, 0.25) is 0 Å². The van der Waals surface area contributed by atoms with Gasteiger partial charge in [0.25, 0.3) is 5.91 Å². The van der Waals surface area contributed by atoms with E-state index in [-0.39, 0.29) is 18.2 Å². The third-order valence-corrected chi connectivity index (χ3v) is 3.55. The molecule has 0 spiro atoms. The molecule has 0 radical (unpaired) electrons. The van der Waals surface area contributed by atoms with Gasteiger partial charge in [-0.2, -0.15) is 0 Å². The van der Waals surface area contributed by atoms with Crippen LogP contribution in [0.25, 0.3) is 0 Å². The molecule has 7 nitrogen and oxygen atoms in total. The molecule has 2 N–H and O–H groups in total. The molecule has 1 aliphatic rings. The van der Waals surface area contributed by atoms with Gasteiger partial charge in [0, 0.05) is 6.04 Å². The molecule has 0 bridgehead atoms. The number of hydrogen-bond acceptors (Lipinski definition) is 4. The summed E-state index contributed by atoms with van der Waals surface area (Å²) in [6, 6.07) is -1.96. The van der Waals surface area contributed by atoms with Crippen LogP contribution in [-0.4, -0.2) is 52.2 Å². The highest BCUT2D eigenvalue weighted by Crippen LogP contribution is 2.26. The zero-order valence-corrected chi connectivity index (χ0v) is 11.8. The predicted molar refractivity (Wildman–Crippen MR) is 69.8 cm³/mol. The minimum Gasteiger partial charge on any atom is -0.480 e. The van der Waals surface area contributed by atoms with Gasteiger partial charge in [-0.3, -0.25) is 14.4 Å². The molecule has 1 heterocycles. The van der Waals surface area contributed by atoms with Crippen molar-refractivity contribution < 1.29 is 24.3 Å². The molecular weight excluding hydrogens is 264 g/mol. The number of aldehydes is 1. The number of amides is 2. The highest BCUT2D eigenvalue weighted by Gasteiger charge is 2.42. The molecule has 0 aromatic rings. The second-order valence-corrected chi connectivity index (χ2v) is 5.37. The highest BCUT2D eigenvalue weighted by atomic mass is 16.4. The van der Waals surface area contributed by atoms with Crippen LogP contribution in [0.1, 0.15) is 33.6 Å². The summed E-state index contributed by atoms with van der Waals surface area (Å²) in [5.74, 6) is -2.62. The zero-order valence-electron chi connectivity index (χ0n) is 11.8. The first-order valence-corrected chi connectivity index (χ1v) is 6.60. The van der Waals surface area contributed by atoms with E-state index in [4.69, 9.17) is 5.11 Å². The summed E-state index contributed by atoms with van der Waals surface area (Å²) >= 11 is 0. The van der Waals surface area contributed by atoms with Gasteiger partial charge in [0.1, 0.15) is 12.1 Å². The van der Waals surface area contributed by atoms with Gasteiger partial charge >= 0.3 is 5.97 Å². The molecule has 0 saturated carbocycles. The zero-order chi connectivity index (χ0) is 15.4. The van der Waals surface area contributed by atoms with Crippen molar-refractivity contribution in [3.05, 3.63) is 0 Å². The van der Waals surface area contributed by atoms with Gasteiger partial charge in [-0.1, -0.05) is 13.8 Å². The van der Waals surface area contributed by atoms with Crippen LogP contribution < -0.4 is 5.32 Å². The van der Waals surface area contributed by atoms with Gasteiger partial charge in [0.2, 0.25) is 12.2 Å². The van der Waals surface area contributed by atoms with Crippen molar-refractivity contribution in [2.45, 2.75) is 51.7 Å². The van der Waals surface area contributed by atoms with Gasteiger partial charge in [-0.25, -0.2) is 4.79 Å². The summed E-state index contributed by atoms with van der Waals surface area (Å²) in [6.07, 6.45) is 1.11. The van der Waals surface area contributed by atoms with Crippen molar-refractivity contribution in [2.75, 3.05) is 0 Å². The van der Waals surface area contributed by atoms with Crippen LogP contribution in [-0.2, 0) is 19.2 Å². The lowest BCUT2D eigenvalue weighted by molar-refractivity contribution is -0.151. The first-order chi connectivity index (χ1) is 9.29. The maximum absolute atomic E-state index is 12.5. The molecule has 0 aromatic carbocycles. The van der Waals surface area contributed by atoms with E-state index < -0.39 is 29.9 Å². The van der Waals surface area contributed by atoms with Crippen molar-refractivity contribution in [3.63, 3.8) is 0 Å². The molecule has 3 atom stereocenters. The molecule has 2 amide bonds. The number of carboxylic acid groups (broad SMARTS) is 1. The number of rotatable bonds is 5. The van der Waals surface area contributed by atoms with Gasteiger partial charge in [0.15, 0.2) is 0 Å². The average molecular weight is 284 g/mol. The first kappa shape index (κ1) is 16.1. The standard InChI is InChI=1S/C13H20N2O5/c1-7(2)11(14-10(17)6-16)12(18)15-8(3)4-5-9(15)13(19)20/h6-9,11H,4-5H2,1-3H3,(H,14,17)(H,19,20)/t8-,9-,11-/m0/s1. The second-order valence-electron chi connectivity index (χ2n) is 5.37. The van der Waals surface area contributed by atoms with Gasteiger partial charge in [-0.05, 0) is 25.7 Å². The fourth-order valence-electron chi connectivity index (χ4n) is 2.46. The number of hydrogen-bond donors (Lipinski definition) is 2. The van der Waals surface area contributed by atoms with Crippen LogP contribution in [0.4, 0.5) is 0 Å². The fraction of sp³-hybridized carbons (Fsp3) is 0.692. The van der Waals surface area contributed by atoms with Gasteiger partial charge in [0.05, 0.1) is 0 Å². The van der Waals surface area contributed by atoms with Crippen LogP contribution in [0.15, 0.2) is 0 Å². The predicted octanol–water partition coefficient (Wildman–Crippen LogP) is -0.210. The smallest absolute Gasteiger partial charge is 0.326 e. The Morgan fingerprint density at radius 1 is 1.30 bits per heavy atom. The third kappa shape index (κ3) is 3.34. The summed E-state index contributed by atoms with van der Waals surface area (Å²) in [5.41, 5.74) is 0. The van der Waals surface area contributed by atoms with E-state index in [9.17, 15) is 19.2 Å². The lowest BCUT2D eigenvalue weighted by Gasteiger charge is -2.31.